The zero-order chi connectivity index (χ0) is 39.9. The van der Waals surface area contributed by atoms with Gasteiger partial charge in [-0.15, -0.1) is 6.58 Å². The lowest BCUT2D eigenvalue weighted by Crippen LogP contribution is -2.47. The Labute approximate surface area is 334 Å². The Morgan fingerprint density at radius 1 is 1.05 bits per heavy atom. The van der Waals surface area contributed by atoms with Gasteiger partial charge in [-0.3, -0.25) is 23.9 Å². The molecule has 0 radical (unpaired) electrons. The molecule has 11 nitrogen and oxygen atoms in total. The average molecular weight is 794 g/mol. The number of rotatable bonds is 9. The maximum Gasteiger partial charge on any atom is 0.306 e. The van der Waals surface area contributed by atoms with Crippen molar-refractivity contribution in [3.05, 3.63) is 78.4 Å². The number of cyclic esters (lactones) is 1. The lowest BCUT2D eigenvalue weighted by molar-refractivity contribution is -0.151. The molecule has 300 valence electrons. The lowest BCUT2D eigenvalue weighted by Gasteiger charge is -2.31. The summed E-state index contributed by atoms with van der Waals surface area (Å²) in [5, 5.41) is 0.196. The molecule has 3 aromatic rings. The maximum atomic E-state index is 14.9. The molecule has 1 N–H and O–H groups in total. The van der Waals surface area contributed by atoms with Gasteiger partial charge in [0.2, 0.25) is 21.8 Å². The van der Waals surface area contributed by atoms with E-state index in [1.165, 1.54) is 0 Å². The van der Waals surface area contributed by atoms with Gasteiger partial charge in [0.15, 0.2) is 5.78 Å². The van der Waals surface area contributed by atoms with Crippen molar-refractivity contribution >= 4 is 50.6 Å². The summed E-state index contributed by atoms with van der Waals surface area (Å²) in [6.07, 6.45) is 11.0. The Balaban J connectivity index is 1.17. The molecule has 5 aliphatic rings. The van der Waals surface area contributed by atoms with Crippen LogP contribution in [-0.4, -0.2) is 72.4 Å². The van der Waals surface area contributed by atoms with E-state index in [2.05, 4.69) is 29.5 Å². The Kier molecular flexibility index (Phi) is 10.8. The fraction of sp³-hybridized carbons (Fsp3) is 0.489. The topological polar surface area (TPSA) is 149 Å². The van der Waals surface area contributed by atoms with Crippen molar-refractivity contribution in [2.75, 3.05) is 13.2 Å². The highest BCUT2D eigenvalue weighted by Crippen LogP contribution is 2.57. The Hall–Kier alpha value is -4.84. The molecule has 2 aliphatic heterocycles. The van der Waals surface area contributed by atoms with E-state index in [1.54, 1.807) is 11.0 Å². The number of amides is 2. The number of carbonyl (C=O) groups excluding carboxylic acids is 4. The van der Waals surface area contributed by atoms with Crippen LogP contribution in [0.4, 0.5) is 0 Å². The molecule has 5 atom stereocenters. The van der Waals surface area contributed by atoms with E-state index < -0.39 is 50.6 Å². The SMILES string of the molecule is C=C[C@@H]1C[C@]1(CC(=O)[C@@H]1C[C@@H]2CN1C(=O)[C@H](C1CCCC1)CC(=O)OCCC/C=C/c1cc3c(cc(-c4ccccc4)nc3cc1C)O2)C(=O)NS(=O)(=O)C1CC1. The summed E-state index contributed by atoms with van der Waals surface area (Å²) < 4.78 is 40.5. The number of ether oxygens (including phenoxy) is 2. The zero-order valence-electron chi connectivity index (χ0n) is 32.5. The molecule has 57 heavy (non-hydrogen) atoms. The minimum atomic E-state index is -3.85. The van der Waals surface area contributed by atoms with Crippen LogP contribution in [0.25, 0.3) is 28.2 Å². The van der Waals surface area contributed by atoms with Crippen LogP contribution in [0.3, 0.4) is 0 Å². The fourth-order valence-corrected chi connectivity index (χ4v) is 10.6. The average Bonchev–Trinajstić information content (AvgIpc) is 4.07. The number of carbonyl (C=O) groups is 4. The van der Waals surface area contributed by atoms with Crippen molar-refractivity contribution in [3.8, 4) is 17.0 Å². The minimum Gasteiger partial charge on any atom is -0.488 e. The number of pyridine rings is 1. The standard InChI is InChI=1S/C45H51N3O8S/c1-3-32-25-45(32,44(52)47-57(53,54)34-17-18-34)26-40(49)39-22-33-27-48(39)43(51)35(29-12-9-10-13-29)23-42(50)55-19-11-5-8-16-31-21-36-38(20-28(31)2)46-37(24-41(36)56-33)30-14-6-4-7-15-30/h3-4,6-8,14-16,20-21,24,29,32-35,39H,1,5,9-13,17-19,22-23,25-27H2,2H3,(H,47,52)/b16-8+/t32-,33-,35+,39+,45-/m1/s1. The quantitative estimate of drug-likeness (QED) is 0.181. The molecule has 0 unspecified atom stereocenters. The van der Waals surface area contributed by atoms with Crippen molar-refractivity contribution in [1.82, 2.24) is 14.6 Å². The van der Waals surface area contributed by atoms with Gasteiger partial charge in [-0.1, -0.05) is 61.4 Å². The normalized spacial score (nSPS) is 27.6. The number of nitrogens with zero attached hydrogens (tertiary/aromatic N) is 2. The number of sulfonamides is 1. The largest absolute Gasteiger partial charge is 0.488 e. The molecular weight excluding hydrogens is 743 g/mol. The number of nitrogens with one attached hydrogen (secondary N) is 1. The number of fused-ring (bicyclic) bond motifs is 3. The third-order valence-electron chi connectivity index (χ3n) is 12.7. The molecule has 8 rings (SSSR count). The van der Waals surface area contributed by atoms with E-state index in [1.807, 2.05) is 49.4 Å². The first-order chi connectivity index (χ1) is 27.5. The summed E-state index contributed by atoms with van der Waals surface area (Å²) in [6, 6.07) is 14.9. The highest BCUT2D eigenvalue weighted by atomic mass is 32.2. The van der Waals surface area contributed by atoms with E-state index in [4.69, 9.17) is 14.5 Å². The highest BCUT2D eigenvalue weighted by molar-refractivity contribution is 7.90. The Morgan fingerprint density at radius 3 is 2.54 bits per heavy atom. The number of hydrogen-bond acceptors (Lipinski definition) is 9. The predicted octanol–water partition coefficient (Wildman–Crippen LogP) is 6.87. The number of aryl methyl sites for hydroxylation is 1. The Morgan fingerprint density at radius 2 is 1.82 bits per heavy atom. The number of Topliss-reactive ketones (excluding diaryl/α,β-unsaturated/α-hetero) is 1. The third kappa shape index (κ3) is 8.15. The molecule has 4 fully saturated rings. The molecule has 3 aliphatic carbocycles. The van der Waals surface area contributed by atoms with Crippen LogP contribution < -0.4 is 9.46 Å². The molecule has 1 aromatic heterocycles. The molecule has 2 aromatic carbocycles. The van der Waals surface area contributed by atoms with Crippen LogP contribution in [0.2, 0.25) is 0 Å². The fourth-order valence-electron chi connectivity index (χ4n) is 9.18. The molecule has 0 spiro atoms. The van der Waals surface area contributed by atoms with Crippen molar-refractivity contribution in [2.45, 2.75) is 101 Å². The van der Waals surface area contributed by atoms with E-state index in [0.717, 1.165) is 59.0 Å². The molecular formula is C45H51N3O8S. The van der Waals surface area contributed by atoms with Crippen molar-refractivity contribution < 1.29 is 37.1 Å². The van der Waals surface area contributed by atoms with Crippen LogP contribution in [0.15, 0.2) is 67.3 Å². The van der Waals surface area contributed by atoms with Gasteiger partial charge in [0, 0.05) is 29.9 Å². The van der Waals surface area contributed by atoms with E-state index in [-0.39, 0.29) is 62.4 Å². The Bertz CT molecular complexity index is 2230. The summed E-state index contributed by atoms with van der Waals surface area (Å²) in [5.41, 5.74) is 3.13. The van der Waals surface area contributed by atoms with Gasteiger partial charge in [-0.05, 0) is 87.0 Å². The number of allylic oxidation sites excluding steroid dienone is 2. The summed E-state index contributed by atoms with van der Waals surface area (Å²) in [4.78, 5) is 63.2. The number of esters is 1. The predicted molar refractivity (Wildman–Crippen MR) is 216 cm³/mol. The number of aromatic nitrogens is 1. The molecule has 1 saturated heterocycles. The van der Waals surface area contributed by atoms with Gasteiger partial charge in [0.1, 0.15) is 11.9 Å². The number of ketones is 1. The van der Waals surface area contributed by atoms with Crippen molar-refractivity contribution in [3.63, 3.8) is 0 Å². The van der Waals surface area contributed by atoms with Gasteiger partial charge in [0.25, 0.3) is 0 Å². The van der Waals surface area contributed by atoms with Crippen LogP contribution in [0.1, 0.15) is 88.2 Å². The third-order valence-corrected chi connectivity index (χ3v) is 14.6. The van der Waals surface area contributed by atoms with Gasteiger partial charge < -0.3 is 14.4 Å². The van der Waals surface area contributed by atoms with Gasteiger partial charge in [-0.2, -0.15) is 0 Å². The van der Waals surface area contributed by atoms with Crippen molar-refractivity contribution in [2.24, 2.45) is 23.2 Å². The summed E-state index contributed by atoms with van der Waals surface area (Å²) in [6.45, 7) is 6.22. The molecule has 12 heteroatoms. The first-order valence-corrected chi connectivity index (χ1v) is 22.0. The van der Waals surface area contributed by atoms with E-state index >= 15 is 0 Å². The van der Waals surface area contributed by atoms with Crippen LogP contribution >= 0.6 is 0 Å². The second-order valence-electron chi connectivity index (χ2n) is 16.7. The second kappa shape index (κ2) is 15.8. The molecule has 4 bridgehead atoms. The zero-order valence-corrected chi connectivity index (χ0v) is 33.3. The van der Waals surface area contributed by atoms with Gasteiger partial charge in [0.05, 0.1) is 53.4 Å². The maximum absolute atomic E-state index is 14.9. The minimum absolute atomic E-state index is 0.0353. The highest BCUT2D eigenvalue weighted by Gasteiger charge is 2.61. The van der Waals surface area contributed by atoms with Crippen LogP contribution in [0, 0.1) is 30.1 Å². The summed E-state index contributed by atoms with van der Waals surface area (Å²) in [5.74, 6) is -2.29. The molecule has 3 heterocycles. The monoisotopic (exact) mass is 793 g/mol. The molecule has 3 saturated carbocycles. The second-order valence-corrected chi connectivity index (χ2v) is 18.7. The van der Waals surface area contributed by atoms with E-state index in [0.29, 0.717) is 31.4 Å². The first kappa shape index (κ1) is 39.0. The van der Waals surface area contributed by atoms with E-state index in [9.17, 15) is 27.6 Å². The molecule has 2 amide bonds. The lowest BCUT2D eigenvalue weighted by atomic mass is 9.86. The summed E-state index contributed by atoms with van der Waals surface area (Å²) >= 11 is 0. The van der Waals surface area contributed by atoms with Crippen LogP contribution in [-0.2, 0) is 33.9 Å². The van der Waals surface area contributed by atoms with Gasteiger partial charge in [-0.25, -0.2) is 13.4 Å². The smallest absolute Gasteiger partial charge is 0.306 e. The van der Waals surface area contributed by atoms with Crippen molar-refractivity contribution in [1.29, 1.82) is 0 Å². The van der Waals surface area contributed by atoms with Crippen LogP contribution in [0.5, 0.6) is 5.75 Å². The van der Waals surface area contributed by atoms with Gasteiger partial charge >= 0.3 is 5.97 Å². The summed E-state index contributed by atoms with van der Waals surface area (Å²) in [7, 11) is -3.85. The first-order valence-electron chi connectivity index (χ1n) is 20.5. The number of hydrogen-bond donors (Lipinski definition) is 1. The number of benzene rings is 2.